The van der Waals surface area contributed by atoms with Gasteiger partial charge in [0.2, 0.25) is 10.0 Å². The van der Waals surface area contributed by atoms with Gasteiger partial charge in [0.15, 0.2) is 0 Å². The quantitative estimate of drug-likeness (QED) is 0.736. The van der Waals surface area contributed by atoms with Gasteiger partial charge in [-0.3, -0.25) is 0 Å². The summed E-state index contributed by atoms with van der Waals surface area (Å²) in [6.07, 6.45) is 4.86. The van der Waals surface area contributed by atoms with Crippen molar-refractivity contribution in [2.45, 2.75) is 70.4 Å². The van der Waals surface area contributed by atoms with Crippen molar-refractivity contribution in [2.24, 2.45) is 5.73 Å². The van der Waals surface area contributed by atoms with Crippen LogP contribution < -0.4 is 10.5 Å². The molecule has 0 aliphatic heterocycles. The van der Waals surface area contributed by atoms with E-state index in [0.717, 1.165) is 43.2 Å². The SMILES string of the molecule is CCCCC(CCC)NS(=O)(=O)c1ccc(CN)cc1C. The Hall–Kier alpha value is -0.910. The van der Waals surface area contributed by atoms with E-state index in [1.165, 1.54) is 0 Å². The van der Waals surface area contributed by atoms with Crippen LogP contribution in [0.5, 0.6) is 0 Å². The summed E-state index contributed by atoms with van der Waals surface area (Å²) < 4.78 is 28.0. The van der Waals surface area contributed by atoms with Crippen molar-refractivity contribution in [3.8, 4) is 0 Å². The third-order valence-corrected chi connectivity index (χ3v) is 5.31. The van der Waals surface area contributed by atoms with Crippen molar-refractivity contribution in [1.82, 2.24) is 4.72 Å². The molecule has 0 aliphatic carbocycles. The van der Waals surface area contributed by atoms with Crippen LogP contribution in [0.3, 0.4) is 0 Å². The Labute approximate surface area is 129 Å². The van der Waals surface area contributed by atoms with E-state index in [1.54, 1.807) is 12.1 Å². The van der Waals surface area contributed by atoms with Crippen LogP contribution >= 0.6 is 0 Å². The first-order valence-electron chi connectivity index (χ1n) is 7.76. The summed E-state index contributed by atoms with van der Waals surface area (Å²) in [5.41, 5.74) is 7.28. The number of sulfonamides is 1. The molecule has 1 aromatic rings. The number of benzene rings is 1. The molecular formula is C16H28N2O2S. The van der Waals surface area contributed by atoms with Gasteiger partial charge < -0.3 is 5.73 Å². The molecule has 0 heterocycles. The summed E-state index contributed by atoms with van der Waals surface area (Å²) in [7, 11) is -3.46. The number of hydrogen-bond donors (Lipinski definition) is 2. The molecule has 120 valence electrons. The monoisotopic (exact) mass is 312 g/mol. The number of unbranched alkanes of at least 4 members (excludes halogenated alkanes) is 1. The van der Waals surface area contributed by atoms with E-state index >= 15 is 0 Å². The fourth-order valence-electron chi connectivity index (χ4n) is 2.48. The molecule has 1 aromatic carbocycles. The lowest BCUT2D eigenvalue weighted by molar-refractivity contribution is 0.483. The van der Waals surface area contributed by atoms with Crippen molar-refractivity contribution in [3.63, 3.8) is 0 Å². The molecule has 0 bridgehead atoms. The first-order chi connectivity index (χ1) is 9.94. The van der Waals surface area contributed by atoms with E-state index < -0.39 is 10.0 Å². The van der Waals surface area contributed by atoms with Crippen LogP contribution in [0.15, 0.2) is 23.1 Å². The summed E-state index contributed by atoms with van der Waals surface area (Å²) >= 11 is 0. The van der Waals surface area contributed by atoms with Gasteiger partial charge in [0, 0.05) is 12.6 Å². The van der Waals surface area contributed by atoms with Crippen molar-refractivity contribution in [3.05, 3.63) is 29.3 Å². The van der Waals surface area contributed by atoms with E-state index in [-0.39, 0.29) is 6.04 Å². The van der Waals surface area contributed by atoms with Crippen LogP contribution in [-0.2, 0) is 16.6 Å². The van der Waals surface area contributed by atoms with E-state index in [2.05, 4.69) is 18.6 Å². The highest BCUT2D eigenvalue weighted by Crippen LogP contribution is 2.18. The van der Waals surface area contributed by atoms with Gasteiger partial charge in [-0.15, -0.1) is 0 Å². The summed E-state index contributed by atoms with van der Waals surface area (Å²) in [6, 6.07) is 5.30. The highest BCUT2D eigenvalue weighted by molar-refractivity contribution is 7.89. The second-order valence-electron chi connectivity index (χ2n) is 5.55. The molecule has 0 radical (unpaired) electrons. The fourth-order valence-corrected chi connectivity index (χ4v) is 4.02. The molecule has 1 atom stereocenters. The predicted molar refractivity (Wildman–Crippen MR) is 87.6 cm³/mol. The molecule has 0 saturated heterocycles. The summed E-state index contributed by atoms with van der Waals surface area (Å²) in [4.78, 5) is 0.359. The highest BCUT2D eigenvalue weighted by Gasteiger charge is 2.21. The number of nitrogens with one attached hydrogen (secondary N) is 1. The third-order valence-electron chi connectivity index (χ3n) is 3.63. The van der Waals surface area contributed by atoms with Crippen LogP contribution in [0.1, 0.15) is 57.1 Å². The molecule has 0 saturated carbocycles. The zero-order chi connectivity index (χ0) is 15.9. The summed E-state index contributed by atoms with van der Waals surface area (Å²) in [5, 5.41) is 0. The van der Waals surface area contributed by atoms with Gasteiger partial charge in [-0.05, 0) is 37.0 Å². The van der Waals surface area contributed by atoms with E-state index in [9.17, 15) is 8.42 Å². The highest BCUT2D eigenvalue weighted by atomic mass is 32.2. The molecule has 1 unspecified atom stereocenters. The number of hydrogen-bond acceptors (Lipinski definition) is 3. The van der Waals surface area contributed by atoms with Crippen molar-refractivity contribution < 1.29 is 8.42 Å². The van der Waals surface area contributed by atoms with Crippen molar-refractivity contribution >= 4 is 10.0 Å². The second-order valence-corrected chi connectivity index (χ2v) is 7.24. The van der Waals surface area contributed by atoms with Crippen LogP contribution in [0.25, 0.3) is 0 Å². The molecule has 5 heteroatoms. The zero-order valence-corrected chi connectivity index (χ0v) is 14.2. The van der Waals surface area contributed by atoms with Gasteiger partial charge in [0.25, 0.3) is 0 Å². The lowest BCUT2D eigenvalue weighted by Gasteiger charge is -2.19. The van der Waals surface area contributed by atoms with E-state index in [0.29, 0.717) is 11.4 Å². The topological polar surface area (TPSA) is 72.2 Å². The lowest BCUT2D eigenvalue weighted by Crippen LogP contribution is -2.35. The standard InChI is InChI=1S/C16H28N2O2S/c1-4-6-8-15(7-5-2)18-21(19,20)16-10-9-14(12-17)11-13(16)3/h9-11,15,18H,4-8,12,17H2,1-3H3. The Morgan fingerprint density at radius 3 is 2.43 bits per heavy atom. The molecule has 21 heavy (non-hydrogen) atoms. The van der Waals surface area contributed by atoms with Crippen LogP contribution in [0.4, 0.5) is 0 Å². The van der Waals surface area contributed by atoms with Crippen LogP contribution in [0.2, 0.25) is 0 Å². The molecule has 3 N–H and O–H groups in total. The maximum atomic E-state index is 12.6. The first kappa shape index (κ1) is 18.1. The van der Waals surface area contributed by atoms with Gasteiger partial charge in [-0.2, -0.15) is 0 Å². The maximum Gasteiger partial charge on any atom is 0.241 e. The largest absolute Gasteiger partial charge is 0.326 e. The van der Waals surface area contributed by atoms with Crippen LogP contribution in [0, 0.1) is 6.92 Å². The molecule has 1 rings (SSSR count). The third kappa shape index (κ3) is 5.41. The molecular weight excluding hydrogens is 284 g/mol. The Morgan fingerprint density at radius 2 is 1.90 bits per heavy atom. The molecule has 0 spiro atoms. The van der Waals surface area contributed by atoms with Gasteiger partial charge in [0.1, 0.15) is 0 Å². The second kappa shape index (κ2) is 8.51. The average Bonchev–Trinajstić information content (AvgIpc) is 2.44. The maximum absolute atomic E-state index is 12.6. The molecule has 0 aliphatic rings. The first-order valence-corrected chi connectivity index (χ1v) is 9.24. The van der Waals surface area contributed by atoms with Crippen molar-refractivity contribution in [2.75, 3.05) is 0 Å². The minimum absolute atomic E-state index is 0.0218. The number of rotatable bonds is 9. The predicted octanol–water partition coefficient (Wildman–Crippen LogP) is 3.09. The summed E-state index contributed by atoms with van der Waals surface area (Å²) in [5.74, 6) is 0. The molecule has 0 aromatic heterocycles. The number of nitrogens with two attached hydrogens (primary N) is 1. The smallest absolute Gasteiger partial charge is 0.241 e. The average molecular weight is 312 g/mol. The Kier molecular flexibility index (Phi) is 7.35. The van der Waals surface area contributed by atoms with Crippen LogP contribution in [-0.4, -0.2) is 14.5 Å². The number of aryl methyl sites for hydroxylation is 1. The fraction of sp³-hybridized carbons (Fsp3) is 0.625. The van der Waals surface area contributed by atoms with E-state index in [1.807, 2.05) is 13.0 Å². The minimum Gasteiger partial charge on any atom is -0.326 e. The van der Waals surface area contributed by atoms with Gasteiger partial charge in [-0.1, -0.05) is 45.2 Å². The molecule has 4 nitrogen and oxygen atoms in total. The normalized spacial score (nSPS) is 13.3. The Morgan fingerprint density at radius 1 is 1.19 bits per heavy atom. The molecule has 0 amide bonds. The van der Waals surface area contributed by atoms with E-state index in [4.69, 9.17) is 5.73 Å². The Balaban J connectivity index is 2.93. The minimum atomic E-state index is -3.46. The summed E-state index contributed by atoms with van der Waals surface area (Å²) in [6.45, 7) is 6.43. The molecule has 0 fully saturated rings. The van der Waals surface area contributed by atoms with Gasteiger partial charge in [0.05, 0.1) is 4.90 Å². The van der Waals surface area contributed by atoms with Crippen molar-refractivity contribution in [1.29, 1.82) is 0 Å². The van der Waals surface area contributed by atoms with Gasteiger partial charge in [-0.25, -0.2) is 13.1 Å². The zero-order valence-electron chi connectivity index (χ0n) is 13.4. The Bertz CT molecular complexity index is 541. The van der Waals surface area contributed by atoms with Gasteiger partial charge >= 0.3 is 0 Å². The lowest BCUT2D eigenvalue weighted by atomic mass is 10.1.